The van der Waals surface area contributed by atoms with E-state index in [1.54, 1.807) is 6.92 Å². The largest absolute Gasteiger partial charge is 0.387 e. The number of aldehydes is 1. The molecule has 0 aliphatic rings. The van der Waals surface area contributed by atoms with Crippen molar-refractivity contribution < 1.29 is 14.8 Å². The molecular formula is C13H17NO4. The minimum Gasteiger partial charge on any atom is -0.387 e. The van der Waals surface area contributed by atoms with Crippen molar-refractivity contribution >= 4 is 12.0 Å². The third-order valence-corrected chi connectivity index (χ3v) is 3.51. The van der Waals surface area contributed by atoms with Crippen molar-refractivity contribution in [2.45, 2.75) is 26.9 Å². The van der Waals surface area contributed by atoms with Crippen molar-refractivity contribution in [3.63, 3.8) is 0 Å². The number of aliphatic hydroxyl groups excluding tert-OH is 1. The van der Waals surface area contributed by atoms with Gasteiger partial charge in [0.25, 0.3) is 5.69 Å². The lowest BCUT2D eigenvalue weighted by Crippen LogP contribution is -2.32. The summed E-state index contributed by atoms with van der Waals surface area (Å²) in [6, 6.07) is 5.61. The van der Waals surface area contributed by atoms with E-state index < -0.39 is 16.4 Å². The fraction of sp³-hybridized carbons (Fsp3) is 0.462. The van der Waals surface area contributed by atoms with Crippen LogP contribution in [0.1, 0.15) is 32.4 Å². The van der Waals surface area contributed by atoms with Crippen LogP contribution in [0.25, 0.3) is 0 Å². The lowest BCUT2D eigenvalue weighted by atomic mass is 9.73. The number of hydrogen-bond donors (Lipinski definition) is 1. The molecule has 1 rings (SSSR count). The molecule has 18 heavy (non-hydrogen) atoms. The number of rotatable bonds is 5. The summed E-state index contributed by atoms with van der Waals surface area (Å²) < 4.78 is 0. The Morgan fingerprint density at radius 2 is 1.83 bits per heavy atom. The molecule has 0 saturated heterocycles. The number of benzene rings is 1. The van der Waals surface area contributed by atoms with E-state index in [0.29, 0.717) is 5.56 Å². The Hall–Kier alpha value is -1.75. The molecule has 0 saturated carbocycles. The van der Waals surface area contributed by atoms with E-state index in [-0.39, 0.29) is 11.6 Å². The number of hydrogen-bond acceptors (Lipinski definition) is 4. The average Bonchev–Trinajstić information content (AvgIpc) is 2.36. The van der Waals surface area contributed by atoms with Gasteiger partial charge in [0.1, 0.15) is 6.29 Å². The Morgan fingerprint density at radius 1 is 1.33 bits per heavy atom. The summed E-state index contributed by atoms with van der Waals surface area (Å²) in [4.78, 5) is 21.2. The van der Waals surface area contributed by atoms with Gasteiger partial charge in [-0.05, 0) is 30.5 Å². The number of nitro benzene ring substituents is 1. The van der Waals surface area contributed by atoms with Gasteiger partial charge in [0.15, 0.2) is 0 Å². The first-order chi connectivity index (χ1) is 8.32. The Balaban J connectivity index is 3.06. The number of aliphatic hydroxyl groups is 1. The van der Waals surface area contributed by atoms with Crippen LogP contribution in [0.5, 0.6) is 0 Å². The van der Waals surface area contributed by atoms with Gasteiger partial charge in [-0.15, -0.1) is 0 Å². The molecule has 0 radical (unpaired) electrons. The molecule has 0 fully saturated rings. The number of non-ortho nitro benzene ring substituents is 1. The van der Waals surface area contributed by atoms with Crippen molar-refractivity contribution in [1.29, 1.82) is 0 Å². The molecule has 0 heterocycles. The number of nitrogens with zero attached hydrogens (tertiary/aromatic N) is 1. The summed E-state index contributed by atoms with van der Waals surface area (Å²) in [6.45, 7) is 5.38. The van der Waals surface area contributed by atoms with E-state index in [9.17, 15) is 20.0 Å². The molecule has 1 aromatic carbocycles. The SMILES string of the molecule is CC(C)[C@@](C)(C=O)[C@@H](O)c1ccc([N+](=O)[O-])cc1. The van der Waals surface area contributed by atoms with Crippen LogP contribution in [0.3, 0.4) is 0 Å². The zero-order valence-electron chi connectivity index (χ0n) is 10.7. The van der Waals surface area contributed by atoms with Crippen LogP contribution >= 0.6 is 0 Å². The van der Waals surface area contributed by atoms with Gasteiger partial charge in [-0.1, -0.05) is 13.8 Å². The quantitative estimate of drug-likeness (QED) is 0.495. The maximum Gasteiger partial charge on any atom is 0.269 e. The summed E-state index contributed by atoms with van der Waals surface area (Å²) in [6.07, 6.45) is -0.236. The Morgan fingerprint density at radius 3 is 2.17 bits per heavy atom. The predicted molar refractivity (Wildman–Crippen MR) is 67.1 cm³/mol. The summed E-state index contributed by atoms with van der Waals surface area (Å²) in [7, 11) is 0. The van der Waals surface area contributed by atoms with Gasteiger partial charge >= 0.3 is 0 Å². The third-order valence-electron chi connectivity index (χ3n) is 3.51. The maximum atomic E-state index is 11.2. The first-order valence-electron chi connectivity index (χ1n) is 5.71. The number of carbonyl (C=O) groups is 1. The number of carbonyl (C=O) groups excluding carboxylic acids is 1. The highest BCUT2D eigenvalue weighted by Crippen LogP contribution is 2.38. The molecule has 5 nitrogen and oxygen atoms in total. The van der Waals surface area contributed by atoms with Crippen molar-refractivity contribution in [1.82, 2.24) is 0 Å². The van der Waals surface area contributed by atoms with Crippen molar-refractivity contribution in [3.8, 4) is 0 Å². The monoisotopic (exact) mass is 251 g/mol. The van der Waals surface area contributed by atoms with E-state index in [4.69, 9.17) is 0 Å². The highest BCUT2D eigenvalue weighted by Gasteiger charge is 2.37. The second-order valence-electron chi connectivity index (χ2n) is 4.89. The van der Waals surface area contributed by atoms with Crippen LogP contribution in [0.2, 0.25) is 0 Å². The minimum atomic E-state index is -0.976. The minimum absolute atomic E-state index is 0.0386. The summed E-state index contributed by atoms with van der Waals surface area (Å²) >= 11 is 0. The summed E-state index contributed by atoms with van der Waals surface area (Å²) in [5.74, 6) is -0.0415. The van der Waals surface area contributed by atoms with Crippen LogP contribution in [0.4, 0.5) is 5.69 Å². The molecule has 0 unspecified atom stereocenters. The predicted octanol–water partition coefficient (Wildman–Crippen LogP) is 2.49. The first-order valence-corrected chi connectivity index (χ1v) is 5.71. The van der Waals surface area contributed by atoms with Gasteiger partial charge in [0, 0.05) is 12.1 Å². The fourth-order valence-electron chi connectivity index (χ4n) is 1.65. The number of nitro groups is 1. The molecule has 0 aliphatic carbocycles. The van der Waals surface area contributed by atoms with Crippen LogP contribution in [-0.4, -0.2) is 16.3 Å². The van der Waals surface area contributed by atoms with Gasteiger partial charge < -0.3 is 9.90 Å². The lowest BCUT2D eigenvalue weighted by Gasteiger charge is -2.33. The van der Waals surface area contributed by atoms with E-state index >= 15 is 0 Å². The van der Waals surface area contributed by atoms with Crippen molar-refractivity contribution in [3.05, 3.63) is 39.9 Å². The highest BCUT2D eigenvalue weighted by molar-refractivity contribution is 5.61. The van der Waals surface area contributed by atoms with Gasteiger partial charge in [-0.3, -0.25) is 10.1 Å². The molecule has 5 heteroatoms. The Labute approximate surface area is 106 Å². The van der Waals surface area contributed by atoms with E-state index in [1.807, 2.05) is 13.8 Å². The second kappa shape index (κ2) is 5.27. The van der Waals surface area contributed by atoms with E-state index in [0.717, 1.165) is 6.29 Å². The maximum absolute atomic E-state index is 11.2. The van der Waals surface area contributed by atoms with Gasteiger partial charge in [0.05, 0.1) is 16.4 Å². The first kappa shape index (κ1) is 14.3. The fourth-order valence-corrected chi connectivity index (χ4v) is 1.65. The van der Waals surface area contributed by atoms with Crippen LogP contribution in [0, 0.1) is 21.4 Å². The topological polar surface area (TPSA) is 80.4 Å². The zero-order chi connectivity index (χ0) is 13.9. The van der Waals surface area contributed by atoms with Gasteiger partial charge in [-0.2, -0.15) is 0 Å². The molecule has 0 spiro atoms. The van der Waals surface area contributed by atoms with Crippen LogP contribution < -0.4 is 0 Å². The average molecular weight is 251 g/mol. The van der Waals surface area contributed by atoms with Crippen molar-refractivity contribution in [2.24, 2.45) is 11.3 Å². The molecule has 98 valence electrons. The molecule has 0 aliphatic heterocycles. The Bertz CT molecular complexity index is 441. The molecule has 0 amide bonds. The summed E-state index contributed by atoms with van der Waals surface area (Å²) in [5, 5.41) is 20.8. The van der Waals surface area contributed by atoms with Crippen LogP contribution in [0.15, 0.2) is 24.3 Å². The standard InChI is InChI=1S/C13H17NO4/c1-9(2)13(3,8-15)12(16)10-4-6-11(7-5-10)14(17)18/h4-9,12,16H,1-3H3/t12-,13+/m0/s1. The van der Waals surface area contributed by atoms with E-state index in [2.05, 4.69) is 0 Å². The second-order valence-corrected chi connectivity index (χ2v) is 4.89. The normalized spacial score (nSPS) is 16.1. The van der Waals surface area contributed by atoms with Crippen LogP contribution in [-0.2, 0) is 4.79 Å². The summed E-state index contributed by atoms with van der Waals surface area (Å²) in [5.41, 5.74) is -0.442. The lowest BCUT2D eigenvalue weighted by molar-refractivity contribution is -0.384. The van der Waals surface area contributed by atoms with E-state index in [1.165, 1.54) is 24.3 Å². The smallest absolute Gasteiger partial charge is 0.269 e. The molecule has 1 aromatic rings. The molecule has 1 N–H and O–H groups in total. The van der Waals surface area contributed by atoms with Gasteiger partial charge in [-0.25, -0.2) is 0 Å². The van der Waals surface area contributed by atoms with Crippen molar-refractivity contribution in [2.75, 3.05) is 0 Å². The molecule has 0 aromatic heterocycles. The highest BCUT2D eigenvalue weighted by atomic mass is 16.6. The molecule has 0 bridgehead atoms. The third kappa shape index (κ3) is 2.56. The zero-order valence-corrected chi connectivity index (χ0v) is 10.7. The molecular weight excluding hydrogens is 234 g/mol. The Kier molecular flexibility index (Phi) is 4.19. The van der Waals surface area contributed by atoms with Gasteiger partial charge in [0.2, 0.25) is 0 Å². The molecule has 2 atom stereocenters.